The Bertz CT molecular complexity index is 758. The van der Waals surface area contributed by atoms with Crippen molar-refractivity contribution in [3.05, 3.63) is 82.1 Å². The van der Waals surface area contributed by atoms with Crippen molar-refractivity contribution in [3.63, 3.8) is 0 Å². The summed E-state index contributed by atoms with van der Waals surface area (Å²) in [5, 5.41) is 1.67. The van der Waals surface area contributed by atoms with E-state index < -0.39 is 8.80 Å². The first-order valence-corrected chi connectivity index (χ1v) is 10.1. The second-order valence-corrected chi connectivity index (χ2v) is 8.80. The number of rotatable bonds is 2. The van der Waals surface area contributed by atoms with Gasteiger partial charge in [-0.2, -0.15) is 0 Å². The van der Waals surface area contributed by atoms with Crippen molar-refractivity contribution in [3.8, 4) is 0 Å². The molecule has 0 bridgehead atoms. The summed E-state index contributed by atoms with van der Waals surface area (Å²) in [5.74, 6) is 1.06. The van der Waals surface area contributed by atoms with Crippen LogP contribution in [0.5, 0.6) is 0 Å². The molecule has 2 aliphatic rings. The van der Waals surface area contributed by atoms with Gasteiger partial charge in [0.1, 0.15) is 0 Å². The van der Waals surface area contributed by atoms with E-state index in [2.05, 4.69) is 79.9 Å². The summed E-state index contributed by atoms with van der Waals surface area (Å²) in [6.07, 6.45) is 7.18. The van der Waals surface area contributed by atoms with Crippen molar-refractivity contribution in [2.75, 3.05) is 0 Å². The van der Waals surface area contributed by atoms with E-state index in [1.165, 1.54) is 22.3 Å². The predicted octanol–water partition coefficient (Wildman–Crippen LogP) is 5.27. The van der Waals surface area contributed by atoms with E-state index in [0.29, 0.717) is 11.8 Å². The maximum absolute atomic E-state index is 2.46. The van der Waals surface area contributed by atoms with Gasteiger partial charge < -0.3 is 0 Å². The van der Waals surface area contributed by atoms with E-state index in [0.717, 1.165) is 0 Å². The number of benzene rings is 2. The number of hydrogen-bond donors (Lipinski definition) is 0. The van der Waals surface area contributed by atoms with Crippen LogP contribution in [0.3, 0.4) is 0 Å². The van der Waals surface area contributed by atoms with Crippen LogP contribution >= 0.6 is 0 Å². The Balaban J connectivity index is 0.00000144. The molecule has 0 fully saturated rings. The van der Waals surface area contributed by atoms with Gasteiger partial charge in [0.2, 0.25) is 0 Å². The van der Waals surface area contributed by atoms with Gasteiger partial charge in [0.05, 0.1) is 8.80 Å². The van der Waals surface area contributed by atoms with Gasteiger partial charge in [0.15, 0.2) is 0 Å². The SMILES string of the molecule is C[Si](C)C1=Cc2ccccc2C1C1C=Cc2ccccc21.[Zr]. The van der Waals surface area contributed by atoms with Crippen LogP contribution in [0.15, 0.2) is 59.8 Å². The average molecular weight is 379 g/mol. The Hall–Kier alpha value is -0.980. The molecule has 0 saturated carbocycles. The zero-order chi connectivity index (χ0) is 14.4. The van der Waals surface area contributed by atoms with Gasteiger partial charge in [-0.15, -0.1) is 0 Å². The minimum absolute atomic E-state index is 0. The van der Waals surface area contributed by atoms with Crippen LogP contribution in [-0.4, -0.2) is 8.80 Å². The minimum atomic E-state index is -0.438. The molecular formula is C20H19SiZr. The molecule has 0 saturated heterocycles. The van der Waals surface area contributed by atoms with Crippen molar-refractivity contribution in [2.24, 2.45) is 0 Å². The first kappa shape index (κ1) is 15.9. The molecule has 22 heavy (non-hydrogen) atoms. The third-order valence-electron chi connectivity index (χ3n) is 4.75. The Morgan fingerprint density at radius 1 is 0.818 bits per heavy atom. The van der Waals surface area contributed by atoms with Gasteiger partial charge in [-0.25, -0.2) is 0 Å². The van der Waals surface area contributed by atoms with Crippen LogP contribution in [0.2, 0.25) is 13.1 Å². The third-order valence-corrected chi connectivity index (χ3v) is 6.36. The molecule has 2 unspecified atom stereocenters. The molecular weight excluding hydrogens is 360 g/mol. The monoisotopic (exact) mass is 377 g/mol. The van der Waals surface area contributed by atoms with Gasteiger partial charge in [0, 0.05) is 38.0 Å². The van der Waals surface area contributed by atoms with Crippen LogP contribution < -0.4 is 0 Å². The second-order valence-electron chi connectivity index (χ2n) is 6.22. The molecule has 0 spiro atoms. The molecule has 0 heterocycles. The van der Waals surface area contributed by atoms with Gasteiger partial charge in [0.25, 0.3) is 0 Å². The minimum Gasteiger partial charge on any atom is -0.0755 e. The summed E-state index contributed by atoms with van der Waals surface area (Å²) >= 11 is 0. The molecule has 0 aliphatic heterocycles. The van der Waals surface area contributed by atoms with E-state index in [1.54, 1.807) is 5.20 Å². The molecule has 2 aromatic carbocycles. The third kappa shape index (κ3) is 2.47. The van der Waals surface area contributed by atoms with E-state index in [4.69, 9.17) is 0 Å². The van der Waals surface area contributed by atoms with Crippen LogP contribution in [0.1, 0.15) is 34.1 Å². The molecule has 4 rings (SSSR count). The average Bonchev–Trinajstić information content (AvgIpc) is 3.07. The molecule has 2 atom stereocenters. The summed E-state index contributed by atoms with van der Waals surface area (Å²) in [5.41, 5.74) is 5.84. The fraction of sp³-hybridized carbons (Fsp3) is 0.200. The van der Waals surface area contributed by atoms with E-state index in [9.17, 15) is 0 Å². The Morgan fingerprint density at radius 2 is 1.45 bits per heavy atom. The Morgan fingerprint density at radius 3 is 2.18 bits per heavy atom. The van der Waals surface area contributed by atoms with Gasteiger partial charge in [-0.1, -0.05) is 85.0 Å². The second kappa shape index (κ2) is 6.26. The van der Waals surface area contributed by atoms with Crippen molar-refractivity contribution in [1.29, 1.82) is 0 Å². The molecule has 2 heteroatoms. The summed E-state index contributed by atoms with van der Waals surface area (Å²) < 4.78 is 0. The van der Waals surface area contributed by atoms with E-state index in [-0.39, 0.29) is 26.2 Å². The zero-order valence-corrected chi connectivity index (χ0v) is 16.5. The normalized spacial score (nSPS) is 21.3. The van der Waals surface area contributed by atoms with Crippen molar-refractivity contribution >= 4 is 20.9 Å². The summed E-state index contributed by atoms with van der Waals surface area (Å²) in [4.78, 5) is 0. The first-order chi connectivity index (χ1) is 10.3. The van der Waals surface area contributed by atoms with Gasteiger partial charge in [-0.05, 0) is 22.3 Å². The molecule has 2 aliphatic carbocycles. The number of hydrogen-bond acceptors (Lipinski definition) is 0. The molecule has 0 aromatic heterocycles. The largest absolute Gasteiger partial charge is 0.0755 e. The van der Waals surface area contributed by atoms with Crippen molar-refractivity contribution < 1.29 is 26.2 Å². The molecule has 0 nitrogen and oxygen atoms in total. The molecule has 107 valence electrons. The zero-order valence-electron chi connectivity index (χ0n) is 13.0. The van der Waals surface area contributed by atoms with Gasteiger partial charge >= 0.3 is 0 Å². The molecule has 1 radical (unpaired) electrons. The number of allylic oxidation sites excluding steroid dienone is 2. The predicted molar refractivity (Wildman–Crippen MR) is 92.9 cm³/mol. The maximum atomic E-state index is 2.46. The van der Waals surface area contributed by atoms with E-state index in [1.807, 2.05) is 0 Å². The van der Waals surface area contributed by atoms with Gasteiger partial charge in [-0.3, -0.25) is 0 Å². The Kier molecular flexibility index (Phi) is 4.52. The van der Waals surface area contributed by atoms with Crippen LogP contribution in [0.4, 0.5) is 0 Å². The van der Waals surface area contributed by atoms with Crippen LogP contribution in [0.25, 0.3) is 12.2 Å². The summed E-state index contributed by atoms with van der Waals surface area (Å²) in [7, 11) is -0.438. The summed E-state index contributed by atoms with van der Waals surface area (Å²) in [6, 6.07) is 17.8. The van der Waals surface area contributed by atoms with Crippen molar-refractivity contribution in [2.45, 2.75) is 24.9 Å². The standard InChI is InChI=1S/C20H19Si.Zr/c1-21(2)19-13-15-8-4-6-10-17(15)20(19)18-12-11-14-7-3-5-9-16(14)18;/h3-13,18,20H,1-2H3;. The quantitative estimate of drug-likeness (QED) is 0.625. The first-order valence-electron chi connectivity index (χ1n) is 7.64. The van der Waals surface area contributed by atoms with E-state index >= 15 is 0 Å². The fourth-order valence-electron chi connectivity index (χ4n) is 3.76. The summed E-state index contributed by atoms with van der Waals surface area (Å²) in [6.45, 7) is 4.83. The van der Waals surface area contributed by atoms with Crippen molar-refractivity contribution in [1.82, 2.24) is 0 Å². The molecule has 2 aromatic rings. The fourth-order valence-corrected chi connectivity index (χ4v) is 5.16. The van der Waals surface area contributed by atoms with Crippen LogP contribution in [0, 0.1) is 0 Å². The number of fused-ring (bicyclic) bond motifs is 2. The topological polar surface area (TPSA) is 0 Å². The molecule has 0 N–H and O–H groups in total. The Labute approximate surface area is 153 Å². The maximum Gasteiger partial charge on any atom is 0.0746 e. The smallest absolute Gasteiger partial charge is 0.0746 e. The van der Waals surface area contributed by atoms with Crippen LogP contribution in [-0.2, 0) is 26.2 Å². The molecule has 0 amide bonds.